The molecule has 0 radical (unpaired) electrons. The zero-order valence-electron chi connectivity index (χ0n) is 10.1. The van der Waals surface area contributed by atoms with Gasteiger partial charge in [0.2, 0.25) is 0 Å². The number of hydrogen-bond acceptors (Lipinski definition) is 1. The molecule has 0 saturated heterocycles. The van der Waals surface area contributed by atoms with Gasteiger partial charge in [-0.1, -0.05) is 41.9 Å². The molecule has 3 heteroatoms. The maximum Gasteiger partial charge on any atom is 0.251 e. The average molecular weight is 260 g/mol. The molecule has 2 aromatic rings. The maximum atomic E-state index is 12.0. The van der Waals surface area contributed by atoms with Crippen LogP contribution in [0, 0.1) is 6.92 Å². The normalized spacial score (nSPS) is 10.1. The van der Waals surface area contributed by atoms with Gasteiger partial charge in [0, 0.05) is 17.1 Å². The van der Waals surface area contributed by atoms with E-state index in [0.717, 1.165) is 11.1 Å². The van der Waals surface area contributed by atoms with Crippen LogP contribution in [0.5, 0.6) is 0 Å². The van der Waals surface area contributed by atoms with E-state index in [4.69, 9.17) is 11.6 Å². The van der Waals surface area contributed by atoms with Gasteiger partial charge < -0.3 is 5.32 Å². The van der Waals surface area contributed by atoms with Crippen molar-refractivity contribution in [3.05, 3.63) is 70.2 Å². The van der Waals surface area contributed by atoms with Gasteiger partial charge in [0.25, 0.3) is 5.91 Å². The van der Waals surface area contributed by atoms with Crippen molar-refractivity contribution in [1.82, 2.24) is 5.32 Å². The molecule has 0 aliphatic heterocycles. The summed E-state index contributed by atoms with van der Waals surface area (Å²) < 4.78 is 0. The average Bonchev–Trinajstić information content (AvgIpc) is 2.36. The van der Waals surface area contributed by atoms with Crippen LogP contribution in [0.3, 0.4) is 0 Å². The number of rotatable bonds is 3. The highest BCUT2D eigenvalue weighted by molar-refractivity contribution is 6.31. The second-order valence-corrected chi connectivity index (χ2v) is 4.62. The summed E-state index contributed by atoms with van der Waals surface area (Å²) in [5.74, 6) is -0.107. The van der Waals surface area contributed by atoms with Gasteiger partial charge >= 0.3 is 0 Å². The first-order valence-electron chi connectivity index (χ1n) is 5.74. The van der Waals surface area contributed by atoms with Crippen LogP contribution in [0.1, 0.15) is 21.5 Å². The number of aryl methyl sites for hydroxylation is 1. The molecule has 92 valence electrons. The quantitative estimate of drug-likeness (QED) is 0.897. The lowest BCUT2D eigenvalue weighted by molar-refractivity contribution is 0.0951. The molecule has 0 spiro atoms. The van der Waals surface area contributed by atoms with E-state index in [0.29, 0.717) is 17.1 Å². The molecule has 0 heterocycles. The molecule has 0 bridgehead atoms. The Balaban J connectivity index is 2.04. The van der Waals surface area contributed by atoms with Crippen molar-refractivity contribution in [1.29, 1.82) is 0 Å². The van der Waals surface area contributed by atoms with Crippen molar-refractivity contribution in [2.75, 3.05) is 0 Å². The fraction of sp³-hybridized carbons (Fsp3) is 0.133. The molecule has 0 atom stereocenters. The molecule has 2 rings (SSSR count). The van der Waals surface area contributed by atoms with Gasteiger partial charge in [-0.3, -0.25) is 4.79 Å². The SMILES string of the molecule is Cc1cc(Cl)cc(C(=O)NCc2ccccc2)c1. The summed E-state index contributed by atoms with van der Waals surface area (Å²) in [6.07, 6.45) is 0. The zero-order chi connectivity index (χ0) is 13.0. The number of hydrogen-bond donors (Lipinski definition) is 1. The van der Waals surface area contributed by atoms with Crippen molar-refractivity contribution in [2.45, 2.75) is 13.5 Å². The van der Waals surface area contributed by atoms with E-state index in [9.17, 15) is 4.79 Å². The van der Waals surface area contributed by atoms with Crippen molar-refractivity contribution in [3.8, 4) is 0 Å². The molecule has 18 heavy (non-hydrogen) atoms. The second kappa shape index (κ2) is 5.69. The summed E-state index contributed by atoms with van der Waals surface area (Å²) in [5.41, 5.74) is 2.65. The summed E-state index contributed by atoms with van der Waals surface area (Å²) >= 11 is 5.93. The van der Waals surface area contributed by atoms with Gasteiger partial charge in [-0.05, 0) is 36.2 Å². The topological polar surface area (TPSA) is 29.1 Å². The Kier molecular flexibility index (Phi) is 4.00. The molecule has 2 nitrogen and oxygen atoms in total. The summed E-state index contributed by atoms with van der Waals surface area (Å²) in [6.45, 7) is 2.44. The molecule has 0 unspecified atom stereocenters. The predicted molar refractivity (Wildman–Crippen MR) is 73.8 cm³/mol. The standard InChI is InChI=1S/C15H14ClNO/c1-11-7-13(9-14(16)8-11)15(18)17-10-12-5-3-2-4-6-12/h2-9H,10H2,1H3,(H,17,18). The highest BCUT2D eigenvalue weighted by Crippen LogP contribution is 2.14. The summed E-state index contributed by atoms with van der Waals surface area (Å²) in [5, 5.41) is 3.46. The Labute approximate surface area is 112 Å². The van der Waals surface area contributed by atoms with E-state index in [1.165, 1.54) is 0 Å². The van der Waals surface area contributed by atoms with Crippen LogP contribution in [-0.2, 0) is 6.54 Å². The van der Waals surface area contributed by atoms with Crippen LogP contribution in [0.4, 0.5) is 0 Å². The summed E-state index contributed by atoms with van der Waals surface area (Å²) in [7, 11) is 0. The Morgan fingerprint density at radius 2 is 1.89 bits per heavy atom. The van der Waals surface area contributed by atoms with Crippen LogP contribution in [-0.4, -0.2) is 5.91 Å². The number of carbonyl (C=O) groups is 1. The number of amides is 1. The van der Waals surface area contributed by atoms with E-state index in [-0.39, 0.29) is 5.91 Å². The van der Waals surface area contributed by atoms with E-state index in [1.54, 1.807) is 6.07 Å². The van der Waals surface area contributed by atoms with Crippen LogP contribution < -0.4 is 5.32 Å². The fourth-order valence-corrected chi connectivity index (χ4v) is 2.04. The van der Waals surface area contributed by atoms with Gasteiger partial charge in [-0.2, -0.15) is 0 Å². The lowest BCUT2D eigenvalue weighted by atomic mass is 10.1. The lowest BCUT2D eigenvalue weighted by Crippen LogP contribution is -2.22. The number of benzene rings is 2. The number of halogens is 1. The minimum atomic E-state index is -0.107. The van der Waals surface area contributed by atoms with Gasteiger partial charge in [0.15, 0.2) is 0 Å². The van der Waals surface area contributed by atoms with Crippen molar-refractivity contribution < 1.29 is 4.79 Å². The molecule has 0 aliphatic rings. The van der Waals surface area contributed by atoms with Crippen molar-refractivity contribution in [3.63, 3.8) is 0 Å². The molecule has 0 saturated carbocycles. The predicted octanol–water partition coefficient (Wildman–Crippen LogP) is 3.58. The Hall–Kier alpha value is -1.80. The molecule has 0 aromatic heterocycles. The Bertz CT molecular complexity index is 531. The fourth-order valence-electron chi connectivity index (χ4n) is 1.75. The first-order chi connectivity index (χ1) is 8.65. The molecule has 2 aromatic carbocycles. The van der Waals surface area contributed by atoms with Gasteiger partial charge in [-0.15, -0.1) is 0 Å². The van der Waals surface area contributed by atoms with E-state index in [2.05, 4.69) is 5.32 Å². The summed E-state index contributed by atoms with van der Waals surface area (Å²) in [4.78, 5) is 12.0. The molecular formula is C15H14ClNO. The Morgan fingerprint density at radius 1 is 1.17 bits per heavy atom. The lowest BCUT2D eigenvalue weighted by Gasteiger charge is -2.06. The second-order valence-electron chi connectivity index (χ2n) is 4.19. The smallest absolute Gasteiger partial charge is 0.251 e. The highest BCUT2D eigenvalue weighted by atomic mass is 35.5. The first-order valence-corrected chi connectivity index (χ1v) is 6.12. The molecule has 1 amide bonds. The van der Waals surface area contributed by atoms with Crippen LogP contribution in [0.25, 0.3) is 0 Å². The van der Waals surface area contributed by atoms with Crippen LogP contribution in [0.2, 0.25) is 5.02 Å². The monoisotopic (exact) mass is 259 g/mol. The van der Waals surface area contributed by atoms with Crippen molar-refractivity contribution in [2.24, 2.45) is 0 Å². The van der Waals surface area contributed by atoms with Gasteiger partial charge in [0.1, 0.15) is 0 Å². The summed E-state index contributed by atoms with van der Waals surface area (Å²) in [6, 6.07) is 15.1. The maximum absolute atomic E-state index is 12.0. The van der Waals surface area contributed by atoms with E-state index in [1.807, 2.05) is 49.4 Å². The molecular weight excluding hydrogens is 246 g/mol. The number of carbonyl (C=O) groups excluding carboxylic acids is 1. The van der Waals surface area contributed by atoms with Crippen LogP contribution >= 0.6 is 11.6 Å². The third-order valence-corrected chi connectivity index (χ3v) is 2.82. The third-order valence-electron chi connectivity index (χ3n) is 2.60. The van der Waals surface area contributed by atoms with E-state index >= 15 is 0 Å². The Morgan fingerprint density at radius 3 is 2.56 bits per heavy atom. The van der Waals surface area contributed by atoms with Gasteiger partial charge in [0.05, 0.1) is 0 Å². The van der Waals surface area contributed by atoms with E-state index < -0.39 is 0 Å². The molecule has 0 aliphatic carbocycles. The van der Waals surface area contributed by atoms with Gasteiger partial charge in [-0.25, -0.2) is 0 Å². The number of nitrogens with one attached hydrogen (secondary N) is 1. The largest absolute Gasteiger partial charge is 0.348 e. The minimum absolute atomic E-state index is 0.107. The molecule has 1 N–H and O–H groups in total. The molecule has 0 fully saturated rings. The third kappa shape index (κ3) is 3.34. The minimum Gasteiger partial charge on any atom is -0.348 e. The zero-order valence-corrected chi connectivity index (χ0v) is 10.9. The highest BCUT2D eigenvalue weighted by Gasteiger charge is 2.06. The first kappa shape index (κ1) is 12.7. The van der Waals surface area contributed by atoms with Crippen LogP contribution in [0.15, 0.2) is 48.5 Å². The van der Waals surface area contributed by atoms with Crippen molar-refractivity contribution >= 4 is 17.5 Å².